The van der Waals surface area contributed by atoms with Crippen LogP contribution in [0.5, 0.6) is 0 Å². The molecule has 0 spiro atoms. The Morgan fingerprint density at radius 3 is 2.90 bits per heavy atom. The van der Waals surface area contributed by atoms with E-state index < -0.39 is 5.95 Å². The van der Waals surface area contributed by atoms with E-state index in [2.05, 4.69) is 15.2 Å². The highest BCUT2D eigenvalue weighted by Crippen LogP contribution is 2.33. The molecule has 2 heterocycles. The number of H-pyrrole nitrogens is 2. The minimum absolute atomic E-state index is 0.343. The van der Waals surface area contributed by atoms with Crippen LogP contribution in [-0.2, 0) is 0 Å². The van der Waals surface area contributed by atoms with E-state index in [1.807, 2.05) is 36.5 Å². The van der Waals surface area contributed by atoms with Crippen LogP contribution in [0.2, 0.25) is 0 Å². The van der Waals surface area contributed by atoms with Crippen molar-refractivity contribution < 1.29 is 4.39 Å². The SMILES string of the molecule is Nc1cc(-c2cccc3[nH]ccc23)cc2[nH]nc(F)c12. The Kier molecular flexibility index (Phi) is 2.12. The van der Waals surface area contributed by atoms with Crippen molar-refractivity contribution in [2.75, 3.05) is 5.73 Å². The summed E-state index contributed by atoms with van der Waals surface area (Å²) in [5.41, 5.74) is 9.97. The molecule has 5 heteroatoms. The fourth-order valence-corrected chi connectivity index (χ4v) is 2.64. The first kappa shape index (κ1) is 11.0. The van der Waals surface area contributed by atoms with Gasteiger partial charge in [0.15, 0.2) is 0 Å². The first-order chi connectivity index (χ1) is 9.74. The number of hydrogen-bond donors (Lipinski definition) is 3. The van der Waals surface area contributed by atoms with E-state index in [1.165, 1.54) is 0 Å². The van der Waals surface area contributed by atoms with Crippen LogP contribution in [0, 0.1) is 5.95 Å². The summed E-state index contributed by atoms with van der Waals surface area (Å²) in [4.78, 5) is 3.17. The number of halogens is 1. The molecule has 0 aliphatic rings. The van der Waals surface area contributed by atoms with Crippen molar-refractivity contribution in [1.82, 2.24) is 15.2 Å². The number of nitrogens with two attached hydrogens (primary N) is 1. The molecule has 4 aromatic rings. The molecule has 0 unspecified atom stereocenters. The van der Waals surface area contributed by atoms with Gasteiger partial charge in [0.1, 0.15) is 0 Å². The molecule has 4 nitrogen and oxygen atoms in total. The zero-order chi connectivity index (χ0) is 13.7. The van der Waals surface area contributed by atoms with Gasteiger partial charge in [-0.3, -0.25) is 5.10 Å². The van der Waals surface area contributed by atoms with Crippen LogP contribution in [0.1, 0.15) is 0 Å². The number of fused-ring (bicyclic) bond motifs is 2. The van der Waals surface area contributed by atoms with Crippen molar-refractivity contribution in [1.29, 1.82) is 0 Å². The maximum atomic E-state index is 13.5. The van der Waals surface area contributed by atoms with Gasteiger partial charge in [0.2, 0.25) is 5.95 Å². The van der Waals surface area contributed by atoms with Crippen LogP contribution in [0.4, 0.5) is 10.1 Å². The quantitative estimate of drug-likeness (QED) is 0.462. The monoisotopic (exact) mass is 266 g/mol. The van der Waals surface area contributed by atoms with Gasteiger partial charge in [0.05, 0.1) is 10.9 Å². The summed E-state index contributed by atoms with van der Waals surface area (Å²) in [6.45, 7) is 0. The van der Waals surface area contributed by atoms with Gasteiger partial charge in [0, 0.05) is 22.8 Å². The number of aromatic nitrogens is 3. The molecular weight excluding hydrogens is 255 g/mol. The third-order valence-corrected chi connectivity index (χ3v) is 3.56. The standard InChI is InChI=1S/C15H11FN4/c16-15-14-11(17)6-8(7-13(14)19-20-15)9-2-1-3-12-10(9)4-5-18-12/h1-7,18H,17H2,(H,19,20). The molecule has 0 saturated carbocycles. The molecule has 0 aliphatic heterocycles. The van der Waals surface area contributed by atoms with Crippen molar-refractivity contribution >= 4 is 27.5 Å². The zero-order valence-electron chi connectivity index (χ0n) is 10.4. The topological polar surface area (TPSA) is 70.5 Å². The third kappa shape index (κ3) is 1.43. The lowest BCUT2D eigenvalue weighted by Crippen LogP contribution is -1.89. The van der Waals surface area contributed by atoms with Gasteiger partial charge in [0.25, 0.3) is 0 Å². The Labute approximate surface area is 113 Å². The van der Waals surface area contributed by atoms with E-state index in [4.69, 9.17) is 5.73 Å². The Hall–Kier alpha value is -2.82. The number of anilines is 1. The summed E-state index contributed by atoms with van der Waals surface area (Å²) in [6.07, 6.45) is 1.89. The smallest absolute Gasteiger partial charge is 0.242 e. The van der Waals surface area contributed by atoms with E-state index in [0.29, 0.717) is 16.6 Å². The fourth-order valence-electron chi connectivity index (χ4n) is 2.64. The van der Waals surface area contributed by atoms with Crippen LogP contribution in [0.3, 0.4) is 0 Å². The molecule has 0 bridgehead atoms. The first-order valence-corrected chi connectivity index (χ1v) is 6.23. The molecule has 0 radical (unpaired) electrons. The van der Waals surface area contributed by atoms with Gasteiger partial charge in [-0.2, -0.15) is 4.39 Å². The van der Waals surface area contributed by atoms with Gasteiger partial charge in [-0.1, -0.05) is 12.1 Å². The summed E-state index contributed by atoms with van der Waals surface area (Å²) in [5.74, 6) is -0.566. The molecule has 4 N–H and O–H groups in total. The maximum absolute atomic E-state index is 13.5. The fraction of sp³-hybridized carbons (Fsp3) is 0. The van der Waals surface area contributed by atoms with Crippen molar-refractivity contribution in [2.45, 2.75) is 0 Å². The minimum atomic E-state index is -0.566. The average molecular weight is 266 g/mol. The molecule has 98 valence electrons. The van der Waals surface area contributed by atoms with Gasteiger partial charge >= 0.3 is 0 Å². The molecule has 2 aromatic heterocycles. The van der Waals surface area contributed by atoms with Crippen molar-refractivity contribution in [3.8, 4) is 11.1 Å². The molecule has 0 aliphatic carbocycles. The number of nitrogens with zero attached hydrogens (tertiary/aromatic N) is 1. The van der Waals surface area contributed by atoms with E-state index in [0.717, 1.165) is 22.0 Å². The summed E-state index contributed by atoms with van der Waals surface area (Å²) < 4.78 is 13.5. The summed E-state index contributed by atoms with van der Waals surface area (Å²) >= 11 is 0. The Bertz CT molecular complexity index is 936. The molecule has 2 aromatic carbocycles. The van der Waals surface area contributed by atoms with E-state index >= 15 is 0 Å². The van der Waals surface area contributed by atoms with Crippen molar-refractivity contribution in [3.05, 3.63) is 48.5 Å². The zero-order valence-corrected chi connectivity index (χ0v) is 10.4. The Morgan fingerprint density at radius 2 is 2.00 bits per heavy atom. The van der Waals surface area contributed by atoms with E-state index in [-0.39, 0.29) is 0 Å². The second kappa shape index (κ2) is 3.84. The molecule has 0 fully saturated rings. The van der Waals surface area contributed by atoms with Crippen LogP contribution >= 0.6 is 0 Å². The average Bonchev–Trinajstić information content (AvgIpc) is 3.05. The Balaban J connectivity index is 2.05. The summed E-state index contributed by atoms with van der Waals surface area (Å²) in [6, 6.07) is 11.7. The van der Waals surface area contributed by atoms with E-state index in [1.54, 1.807) is 6.07 Å². The highest BCUT2D eigenvalue weighted by atomic mass is 19.1. The lowest BCUT2D eigenvalue weighted by atomic mass is 10.00. The molecular formula is C15H11FN4. The largest absolute Gasteiger partial charge is 0.398 e. The van der Waals surface area contributed by atoms with Gasteiger partial charge in [-0.15, -0.1) is 5.10 Å². The first-order valence-electron chi connectivity index (χ1n) is 6.23. The Morgan fingerprint density at radius 1 is 1.10 bits per heavy atom. The molecule has 0 amide bonds. The van der Waals surface area contributed by atoms with Crippen LogP contribution in [-0.4, -0.2) is 15.2 Å². The van der Waals surface area contributed by atoms with Crippen LogP contribution < -0.4 is 5.73 Å². The highest BCUT2D eigenvalue weighted by molar-refractivity contribution is 6.00. The van der Waals surface area contributed by atoms with Gasteiger partial charge < -0.3 is 10.7 Å². The van der Waals surface area contributed by atoms with Gasteiger partial charge in [-0.05, 0) is 35.4 Å². The number of nitrogens with one attached hydrogen (secondary N) is 2. The second-order valence-electron chi connectivity index (χ2n) is 4.75. The minimum Gasteiger partial charge on any atom is -0.398 e. The third-order valence-electron chi connectivity index (χ3n) is 3.56. The maximum Gasteiger partial charge on any atom is 0.242 e. The van der Waals surface area contributed by atoms with E-state index in [9.17, 15) is 4.39 Å². The lowest BCUT2D eigenvalue weighted by molar-refractivity contribution is 0.588. The second-order valence-corrected chi connectivity index (χ2v) is 4.75. The molecule has 0 atom stereocenters. The number of nitrogen functional groups attached to an aromatic ring is 1. The number of benzene rings is 2. The highest BCUT2D eigenvalue weighted by Gasteiger charge is 2.12. The number of hydrogen-bond acceptors (Lipinski definition) is 2. The molecule has 0 saturated heterocycles. The van der Waals surface area contributed by atoms with Crippen molar-refractivity contribution in [2.24, 2.45) is 0 Å². The summed E-state index contributed by atoms with van der Waals surface area (Å²) in [7, 11) is 0. The lowest BCUT2D eigenvalue weighted by Gasteiger charge is -2.06. The summed E-state index contributed by atoms with van der Waals surface area (Å²) in [5, 5.41) is 7.68. The normalized spacial score (nSPS) is 11.4. The van der Waals surface area contributed by atoms with Crippen LogP contribution in [0.25, 0.3) is 32.9 Å². The number of aromatic amines is 2. The predicted molar refractivity (Wildman–Crippen MR) is 77.8 cm³/mol. The van der Waals surface area contributed by atoms with Gasteiger partial charge in [-0.25, -0.2) is 0 Å². The van der Waals surface area contributed by atoms with Crippen molar-refractivity contribution in [3.63, 3.8) is 0 Å². The molecule has 4 rings (SSSR count). The van der Waals surface area contributed by atoms with Crippen LogP contribution in [0.15, 0.2) is 42.6 Å². The molecule has 20 heavy (non-hydrogen) atoms. The predicted octanol–water partition coefficient (Wildman–Crippen LogP) is 3.43. The number of rotatable bonds is 1.